The van der Waals surface area contributed by atoms with Gasteiger partial charge in [0.25, 0.3) is 11.8 Å². The van der Waals surface area contributed by atoms with Gasteiger partial charge in [0, 0.05) is 11.6 Å². The van der Waals surface area contributed by atoms with Crippen molar-refractivity contribution in [2.24, 2.45) is 5.92 Å². The van der Waals surface area contributed by atoms with Crippen LogP contribution in [-0.2, 0) is 9.59 Å². The first-order valence-corrected chi connectivity index (χ1v) is 8.52. The molecule has 0 saturated carbocycles. The normalized spacial score (nSPS) is 12.5. The summed E-state index contributed by atoms with van der Waals surface area (Å²) < 4.78 is 5.19. The highest BCUT2D eigenvalue weighted by molar-refractivity contribution is 6.05. The molecule has 1 aromatic heterocycles. The Morgan fingerprint density at radius 1 is 1.11 bits per heavy atom. The Morgan fingerprint density at radius 2 is 1.81 bits per heavy atom. The van der Waals surface area contributed by atoms with Crippen molar-refractivity contribution in [3.63, 3.8) is 0 Å². The van der Waals surface area contributed by atoms with E-state index in [0.29, 0.717) is 11.3 Å². The molecule has 2 rings (SSSR count). The van der Waals surface area contributed by atoms with Gasteiger partial charge < -0.3 is 20.2 Å². The first-order valence-electron chi connectivity index (χ1n) is 8.52. The van der Waals surface area contributed by atoms with Crippen LogP contribution in [0.1, 0.15) is 36.4 Å². The Morgan fingerprint density at radius 3 is 2.37 bits per heavy atom. The third-order valence-electron chi connectivity index (χ3n) is 3.67. The smallest absolute Gasteiger partial charge is 0.326 e. The van der Waals surface area contributed by atoms with Crippen LogP contribution >= 0.6 is 0 Å². The predicted molar refractivity (Wildman–Crippen MR) is 99.6 cm³/mol. The quantitative estimate of drug-likeness (QED) is 0.619. The summed E-state index contributed by atoms with van der Waals surface area (Å²) in [7, 11) is 0. The van der Waals surface area contributed by atoms with E-state index in [2.05, 4.69) is 10.6 Å². The molecule has 1 atom stereocenters. The maximum Gasteiger partial charge on any atom is 0.326 e. The zero-order valence-electron chi connectivity index (χ0n) is 15.1. The van der Waals surface area contributed by atoms with Gasteiger partial charge in [-0.1, -0.05) is 32.0 Å². The summed E-state index contributed by atoms with van der Waals surface area (Å²) >= 11 is 0. The van der Waals surface area contributed by atoms with Gasteiger partial charge in [0.05, 0.1) is 6.26 Å². The summed E-state index contributed by atoms with van der Waals surface area (Å²) in [4.78, 5) is 36.5. The maximum atomic E-state index is 12.6. The second-order valence-electron chi connectivity index (χ2n) is 6.39. The highest BCUT2D eigenvalue weighted by Crippen LogP contribution is 2.10. The summed E-state index contributed by atoms with van der Waals surface area (Å²) in [6.07, 6.45) is 3.05. The van der Waals surface area contributed by atoms with Crippen LogP contribution < -0.4 is 10.6 Å². The van der Waals surface area contributed by atoms with Crippen molar-refractivity contribution in [1.29, 1.82) is 0 Å². The molecule has 0 fully saturated rings. The molecular formula is C20H22N2O5. The van der Waals surface area contributed by atoms with Crippen molar-refractivity contribution in [3.05, 3.63) is 65.7 Å². The molecule has 0 saturated heterocycles. The number of carboxylic acids is 1. The van der Waals surface area contributed by atoms with E-state index < -0.39 is 23.8 Å². The first-order chi connectivity index (χ1) is 12.9. The molecule has 27 heavy (non-hydrogen) atoms. The first kappa shape index (κ1) is 20.0. The SMILES string of the molecule is CC(C)CC(NC(=O)/C(=C\c1ccco1)NC(=O)c1ccccc1)C(=O)O. The Kier molecular flexibility index (Phi) is 6.93. The minimum absolute atomic E-state index is 0.0720. The van der Waals surface area contributed by atoms with E-state index >= 15 is 0 Å². The summed E-state index contributed by atoms with van der Waals surface area (Å²) in [6, 6.07) is 10.6. The van der Waals surface area contributed by atoms with Gasteiger partial charge in [0.2, 0.25) is 0 Å². The van der Waals surface area contributed by atoms with Gasteiger partial charge in [0.1, 0.15) is 17.5 Å². The zero-order valence-corrected chi connectivity index (χ0v) is 15.1. The molecule has 0 bridgehead atoms. The Bertz CT molecular complexity index is 810. The van der Waals surface area contributed by atoms with Gasteiger partial charge >= 0.3 is 5.97 Å². The number of hydrogen-bond donors (Lipinski definition) is 3. The van der Waals surface area contributed by atoms with E-state index in [4.69, 9.17) is 4.42 Å². The van der Waals surface area contributed by atoms with E-state index in [1.54, 1.807) is 42.5 Å². The van der Waals surface area contributed by atoms with E-state index in [9.17, 15) is 19.5 Å². The van der Waals surface area contributed by atoms with E-state index in [0.717, 1.165) is 0 Å². The van der Waals surface area contributed by atoms with Crippen molar-refractivity contribution >= 4 is 23.9 Å². The number of hydrogen-bond acceptors (Lipinski definition) is 4. The van der Waals surface area contributed by atoms with Crippen LogP contribution in [0.25, 0.3) is 6.08 Å². The average Bonchev–Trinajstić information content (AvgIpc) is 3.13. The van der Waals surface area contributed by atoms with Crippen LogP contribution in [0.5, 0.6) is 0 Å². The van der Waals surface area contributed by atoms with Gasteiger partial charge in [-0.2, -0.15) is 0 Å². The molecule has 0 aliphatic rings. The number of rotatable bonds is 8. The average molecular weight is 370 g/mol. The maximum absolute atomic E-state index is 12.6. The fraction of sp³-hybridized carbons (Fsp3) is 0.250. The molecule has 0 spiro atoms. The summed E-state index contributed by atoms with van der Waals surface area (Å²) in [6.45, 7) is 3.72. The lowest BCUT2D eigenvalue weighted by Crippen LogP contribution is -2.45. The molecular weight excluding hydrogens is 348 g/mol. The van der Waals surface area contributed by atoms with Gasteiger partial charge in [-0.15, -0.1) is 0 Å². The Hall–Kier alpha value is -3.35. The molecule has 7 heteroatoms. The minimum Gasteiger partial charge on any atom is -0.480 e. The number of benzene rings is 1. The van der Waals surface area contributed by atoms with Gasteiger partial charge in [-0.05, 0) is 36.6 Å². The molecule has 1 aromatic carbocycles. The lowest BCUT2D eigenvalue weighted by Gasteiger charge is -2.18. The van der Waals surface area contributed by atoms with Crippen LogP contribution in [0, 0.1) is 5.92 Å². The van der Waals surface area contributed by atoms with Crippen molar-refractivity contribution in [2.45, 2.75) is 26.3 Å². The molecule has 7 nitrogen and oxygen atoms in total. The zero-order chi connectivity index (χ0) is 19.8. The summed E-state index contributed by atoms with van der Waals surface area (Å²) in [5.41, 5.74) is 0.265. The molecule has 142 valence electrons. The number of furan rings is 1. The van der Waals surface area contributed by atoms with Gasteiger partial charge in [0.15, 0.2) is 0 Å². The minimum atomic E-state index is -1.14. The standard InChI is InChI=1S/C20H22N2O5/c1-13(2)11-17(20(25)26)22-19(24)16(12-15-9-6-10-27-15)21-18(23)14-7-4-3-5-8-14/h3-10,12-13,17H,11H2,1-2H3,(H,21,23)(H,22,24)(H,25,26)/b16-12+. The van der Waals surface area contributed by atoms with Crippen molar-refractivity contribution in [3.8, 4) is 0 Å². The molecule has 1 heterocycles. The molecule has 3 N–H and O–H groups in total. The third kappa shape index (κ3) is 6.14. The molecule has 0 radical (unpaired) electrons. The number of amides is 2. The molecule has 1 unspecified atom stereocenters. The summed E-state index contributed by atoms with van der Waals surface area (Å²) in [5.74, 6) is -1.90. The van der Waals surface area contributed by atoms with E-state index in [1.807, 2.05) is 13.8 Å². The van der Waals surface area contributed by atoms with Crippen LogP contribution in [-0.4, -0.2) is 28.9 Å². The predicted octanol–water partition coefficient (Wildman–Crippen LogP) is 2.67. The van der Waals surface area contributed by atoms with Crippen molar-refractivity contribution in [2.75, 3.05) is 0 Å². The number of nitrogens with one attached hydrogen (secondary N) is 2. The van der Waals surface area contributed by atoms with E-state index in [1.165, 1.54) is 12.3 Å². The highest BCUT2D eigenvalue weighted by atomic mass is 16.4. The number of carbonyl (C=O) groups is 3. The van der Waals surface area contributed by atoms with Crippen molar-refractivity contribution < 1.29 is 23.9 Å². The monoisotopic (exact) mass is 370 g/mol. The van der Waals surface area contributed by atoms with Crippen LogP contribution in [0.2, 0.25) is 0 Å². The Balaban J connectivity index is 2.23. The van der Waals surface area contributed by atoms with Crippen LogP contribution in [0.15, 0.2) is 58.8 Å². The van der Waals surface area contributed by atoms with Crippen LogP contribution in [0.3, 0.4) is 0 Å². The summed E-state index contributed by atoms with van der Waals surface area (Å²) in [5, 5.41) is 14.3. The Labute approximate surface area is 157 Å². The third-order valence-corrected chi connectivity index (χ3v) is 3.67. The van der Waals surface area contributed by atoms with Gasteiger partial charge in [-0.25, -0.2) is 4.79 Å². The fourth-order valence-corrected chi connectivity index (χ4v) is 2.39. The second kappa shape index (κ2) is 9.38. The lowest BCUT2D eigenvalue weighted by molar-refractivity contribution is -0.141. The number of carboxylic acid groups (broad SMARTS) is 1. The molecule has 0 aliphatic heterocycles. The van der Waals surface area contributed by atoms with Crippen LogP contribution in [0.4, 0.5) is 0 Å². The van der Waals surface area contributed by atoms with Gasteiger partial charge in [-0.3, -0.25) is 9.59 Å². The largest absolute Gasteiger partial charge is 0.480 e. The highest BCUT2D eigenvalue weighted by Gasteiger charge is 2.24. The topological polar surface area (TPSA) is 109 Å². The van der Waals surface area contributed by atoms with E-state index in [-0.39, 0.29) is 18.0 Å². The lowest BCUT2D eigenvalue weighted by atomic mass is 10.0. The number of aliphatic carboxylic acids is 1. The second-order valence-corrected chi connectivity index (χ2v) is 6.39. The molecule has 0 aliphatic carbocycles. The molecule has 2 aromatic rings. The number of carbonyl (C=O) groups excluding carboxylic acids is 2. The van der Waals surface area contributed by atoms with Crippen molar-refractivity contribution in [1.82, 2.24) is 10.6 Å². The molecule has 2 amide bonds. The fourth-order valence-electron chi connectivity index (χ4n) is 2.39.